The standard InChI is InChI=1S/C19H19N3O3/c1-13-7-3-4-8-15(13)11-20-19(23)16-9-5-6-10-17(16)24-12-18-21-14(2)25-22-18/h3-10H,11-12H2,1-2H3,(H,20,23). The Kier molecular flexibility index (Phi) is 5.09. The molecule has 0 aliphatic carbocycles. The van der Waals surface area contributed by atoms with Gasteiger partial charge in [-0.1, -0.05) is 41.6 Å². The van der Waals surface area contributed by atoms with Crippen molar-refractivity contribution in [3.63, 3.8) is 0 Å². The Morgan fingerprint density at radius 3 is 2.64 bits per heavy atom. The Morgan fingerprint density at radius 2 is 1.88 bits per heavy atom. The van der Waals surface area contributed by atoms with Crippen molar-refractivity contribution in [3.05, 3.63) is 76.9 Å². The highest BCUT2D eigenvalue weighted by Crippen LogP contribution is 2.19. The second-order valence-electron chi connectivity index (χ2n) is 5.62. The van der Waals surface area contributed by atoms with Crippen LogP contribution in [0.15, 0.2) is 53.1 Å². The number of aryl methyl sites for hydroxylation is 2. The molecule has 1 aromatic heterocycles. The Morgan fingerprint density at radius 1 is 1.12 bits per heavy atom. The van der Waals surface area contributed by atoms with Crippen LogP contribution in [-0.4, -0.2) is 16.0 Å². The molecule has 3 aromatic rings. The topological polar surface area (TPSA) is 77.2 Å². The predicted molar refractivity (Wildman–Crippen MR) is 92.2 cm³/mol. The van der Waals surface area contributed by atoms with Crippen LogP contribution >= 0.6 is 0 Å². The number of hydrogen-bond acceptors (Lipinski definition) is 5. The maximum Gasteiger partial charge on any atom is 0.255 e. The van der Waals surface area contributed by atoms with E-state index in [4.69, 9.17) is 9.26 Å². The highest BCUT2D eigenvalue weighted by Gasteiger charge is 2.13. The van der Waals surface area contributed by atoms with Crippen molar-refractivity contribution in [2.24, 2.45) is 0 Å². The van der Waals surface area contributed by atoms with E-state index in [-0.39, 0.29) is 12.5 Å². The number of benzene rings is 2. The van der Waals surface area contributed by atoms with Crippen LogP contribution in [-0.2, 0) is 13.2 Å². The molecule has 0 fully saturated rings. The highest BCUT2D eigenvalue weighted by atomic mass is 16.5. The highest BCUT2D eigenvalue weighted by molar-refractivity contribution is 5.96. The van der Waals surface area contributed by atoms with Gasteiger partial charge in [-0.25, -0.2) is 0 Å². The molecule has 2 aromatic carbocycles. The summed E-state index contributed by atoms with van der Waals surface area (Å²) in [6, 6.07) is 15.0. The van der Waals surface area contributed by atoms with E-state index >= 15 is 0 Å². The van der Waals surface area contributed by atoms with Crippen LogP contribution in [0.1, 0.15) is 33.2 Å². The van der Waals surface area contributed by atoms with Gasteiger partial charge in [0.1, 0.15) is 5.75 Å². The van der Waals surface area contributed by atoms with E-state index in [1.807, 2.05) is 37.3 Å². The van der Waals surface area contributed by atoms with Gasteiger partial charge in [0.25, 0.3) is 5.91 Å². The summed E-state index contributed by atoms with van der Waals surface area (Å²) in [6.45, 7) is 4.33. The van der Waals surface area contributed by atoms with E-state index in [1.165, 1.54) is 0 Å². The van der Waals surface area contributed by atoms with Gasteiger partial charge in [-0.15, -0.1) is 0 Å². The van der Waals surface area contributed by atoms with Gasteiger partial charge in [0.15, 0.2) is 6.61 Å². The molecule has 128 valence electrons. The molecule has 6 nitrogen and oxygen atoms in total. The third-order valence-electron chi connectivity index (χ3n) is 3.76. The minimum atomic E-state index is -0.192. The normalized spacial score (nSPS) is 10.5. The summed E-state index contributed by atoms with van der Waals surface area (Å²) in [5.41, 5.74) is 2.69. The molecule has 25 heavy (non-hydrogen) atoms. The fourth-order valence-electron chi connectivity index (χ4n) is 2.40. The van der Waals surface area contributed by atoms with Gasteiger partial charge in [-0.3, -0.25) is 4.79 Å². The Hall–Kier alpha value is -3.15. The van der Waals surface area contributed by atoms with Crippen LogP contribution in [0.5, 0.6) is 5.75 Å². The van der Waals surface area contributed by atoms with Crippen molar-refractivity contribution < 1.29 is 14.1 Å². The molecule has 0 radical (unpaired) electrons. The lowest BCUT2D eigenvalue weighted by Crippen LogP contribution is -2.23. The maximum absolute atomic E-state index is 12.5. The number of ether oxygens (including phenoxy) is 1. The third kappa shape index (κ3) is 4.23. The Balaban J connectivity index is 1.67. The molecule has 1 amide bonds. The third-order valence-corrected chi connectivity index (χ3v) is 3.76. The molecule has 0 spiro atoms. The molecule has 1 N–H and O–H groups in total. The summed E-state index contributed by atoms with van der Waals surface area (Å²) < 4.78 is 10.6. The number of nitrogens with zero attached hydrogens (tertiary/aromatic N) is 2. The Bertz CT molecular complexity index is 874. The molecule has 0 unspecified atom stereocenters. The second-order valence-corrected chi connectivity index (χ2v) is 5.62. The second kappa shape index (κ2) is 7.61. The summed E-state index contributed by atoms with van der Waals surface area (Å²) in [7, 11) is 0. The number of carbonyl (C=O) groups excluding carboxylic acids is 1. The van der Waals surface area contributed by atoms with Gasteiger partial charge in [-0.05, 0) is 30.2 Å². The SMILES string of the molecule is Cc1nc(COc2ccccc2C(=O)NCc2ccccc2C)no1. The first-order chi connectivity index (χ1) is 12.1. The van der Waals surface area contributed by atoms with Gasteiger partial charge < -0.3 is 14.6 Å². The molecule has 6 heteroatoms. The number of aromatic nitrogens is 2. The minimum Gasteiger partial charge on any atom is -0.485 e. The zero-order valence-corrected chi connectivity index (χ0v) is 14.2. The zero-order valence-electron chi connectivity index (χ0n) is 14.2. The van der Waals surface area contributed by atoms with Gasteiger partial charge in [0.05, 0.1) is 5.56 Å². The predicted octanol–water partition coefficient (Wildman–Crippen LogP) is 3.20. The lowest BCUT2D eigenvalue weighted by atomic mass is 10.1. The van der Waals surface area contributed by atoms with Crippen molar-refractivity contribution in [2.45, 2.75) is 27.0 Å². The molecule has 0 aliphatic heterocycles. The van der Waals surface area contributed by atoms with Gasteiger partial charge >= 0.3 is 0 Å². The molecular weight excluding hydrogens is 318 g/mol. The van der Waals surface area contributed by atoms with Gasteiger partial charge in [0, 0.05) is 13.5 Å². The average Bonchev–Trinajstić information content (AvgIpc) is 3.04. The monoisotopic (exact) mass is 337 g/mol. The first-order valence-electron chi connectivity index (χ1n) is 7.97. The number of nitrogens with one attached hydrogen (secondary N) is 1. The van der Waals surface area contributed by atoms with Crippen molar-refractivity contribution in [3.8, 4) is 5.75 Å². The van der Waals surface area contributed by atoms with Crippen LogP contribution in [0.2, 0.25) is 0 Å². The summed E-state index contributed by atoms with van der Waals surface area (Å²) >= 11 is 0. The van der Waals surface area contributed by atoms with Crippen LogP contribution in [0.3, 0.4) is 0 Å². The van der Waals surface area contributed by atoms with Crippen molar-refractivity contribution in [2.75, 3.05) is 0 Å². The number of carbonyl (C=O) groups is 1. The van der Waals surface area contributed by atoms with Crippen molar-refractivity contribution in [1.82, 2.24) is 15.5 Å². The molecule has 0 saturated carbocycles. The molecule has 0 bridgehead atoms. The lowest BCUT2D eigenvalue weighted by molar-refractivity contribution is 0.0946. The molecule has 0 aliphatic rings. The number of para-hydroxylation sites is 1. The zero-order chi connectivity index (χ0) is 17.6. The van der Waals surface area contributed by atoms with Crippen LogP contribution in [0.25, 0.3) is 0 Å². The molecule has 1 heterocycles. The molecular formula is C19H19N3O3. The maximum atomic E-state index is 12.5. The number of hydrogen-bond donors (Lipinski definition) is 1. The van der Waals surface area contributed by atoms with Crippen LogP contribution < -0.4 is 10.1 Å². The van der Waals surface area contributed by atoms with Crippen molar-refractivity contribution in [1.29, 1.82) is 0 Å². The quantitative estimate of drug-likeness (QED) is 0.747. The van der Waals surface area contributed by atoms with E-state index in [0.717, 1.165) is 11.1 Å². The van der Waals surface area contributed by atoms with E-state index in [2.05, 4.69) is 15.5 Å². The summed E-state index contributed by atoms with van der Waals surface area (Å²) in [5, 5.41) is 6.71. The average molecular weight is 337 g/mol. The number of amides is 1. The van der Waals surface area contributed by atoms with Crippen LogP contribution in [0.4, 0.5) is 0 Å². The largest absolute Gasteiger partial charge is 0.485 e. The molecule has 3 rings (SSSR count). The fourth-order valence-corrected chi connectivity index (χ4v) is 2.40. The first-order valence-corrected chi connectivity index (χ1v) is 7.97. The molecule has 0 atom stereocenters. The Labute approximate surface area is 145 Å². The van der Waals surface area contributed by atoms with E-state index in [1.54, 1.807) is 25.1 Å². The summed E-state index contributed by atoms with van der Waals surface area (Å²) in [5.74, 6) is 1.20. The van der Waals surface area contributed by atoms with Gasteiger partial charge in [0.2, 0.25) is 11.7 Å². The van der Waals surface area contributed by atoms with E-state index < -0.39 is 0 Å². The smallest absolute Gasteiger partial charge is 0.255 e. The summed E-state index contributed by atoms with van der Waals surface area (Å²) in [4.78, 5) is 16.6. The molecule has 0 saturated heterocycles. The van der Waals surface area contributed by atoms with Crippen molar-refractivity contribution >= 4 is 5.91 Å². The summed E-state index contributed by atoms with van der Waals surface area (Å²) in [6.07, 6.45) is 0. The van der Waals surface area contributed by atoms with E-state index in [0.29, 0.717) is 29.6 Å². The fraction of sp³-hybridized carbons (Fsp3) is 0.211. The lowest BCUT2D eigenvalue weighted by Gasteiger charge is -2.11. The van der Waals surface area contributed by atoms with E-state index in [9.17, 15) is 4.79 Å². The van der Waals surface area contributed by atoms with Crippen LogP contribution in [0, 0.1) is 13.8 Å². The first kappa shape index (κ1) is 16.7. The van der Waals surface area contributed by atoms with Gasteiger partial charge in [-0.2, -0.15) is 4.98 Å². The number of rotatable bonds is 6. The minimum absolute atomic E-state index is 0.138.